The highest BCUT2D eigenvalue weighted by molar-refractivity contribution is 5.74. The summed E-state index contributed by atoms with van der Waals surface area (Å²) in [4.78, 5) is 11.5. The molecule has 1 atom stereocenters. The zero-order chi connectivity index (χ0) is 10.5. The van der Waals surface area contributed by atoms with Gasteiger partial charge in [0.2, 0.25) is 0 Å². The first-order valence-electron chi connectivity index (χ1n) is 6.41. The van der Waals surface area contributed by atoms with E-state index in [-0.39, 0.29) is 17.5 Å². The predicted molar refractivity (Wildman–Crippen MR) is 57.3 cm³/mol. The summed E-state index contributed by atoms with van der Waals surface area (Å²) in [5, 5.41) is 0. The van der Waals surface area contributed by atoms with Crippen molar-refractivity contribution in [3.8, 4) is 0 Å². The summed E-state index contributed by atoms with van der Waals surface area (Å²) in [6.07, 6.45) is 8.73. The molecule has 1 unspecified atom stereocenters. The van der Waals surface area contributed by atoms with Gasteiger partial charge < -0.3 is 4.74 Å². The maximum atomic E-state index is 11.5. The molecule has 3 fully saturated rings. The van der Waals surface area contributed by atoms with E-state index in [1.165, 1.54) is 25.7 Å². The van der Waals surface area contributed by atoms with E-state index < -0.39 is 0 Å². The lowest BCUT2D eigenvalue weighted by Gasteiger charge is -2.36. The molecule has 0 aromatic heterocycles. The molecule has 2 aliphatic carbocycles. The summed E-state index contributed by atoms with van der Waals surface area (Å²) in [5.74, 6) is 2.16. The first-order chi connectivity index (χ1) is 7.19. The normalized spacial score (nSPS) is 45.8. The molecule has 1 spiro atoms. The minimum atomic E-state index is -0.0398. The van der Waals surface area contributed by atoms with Crippen molar-refractivity contribution in [1.29, 1.82) is 0 Å². The Hall–Kier alpha value is -0.530. The van der Waals surface area contributed by atoms with Crippen LogP contribution in [0.5, 0.6) is 0 Å². The van der Waals surface area contributed by atoms with Crippen molar-refractivity contribution in [2.45, 2.75) is 57.5 Å². The second-order valence-electron chi connectivity index (χ2n) is 5.88. The summed E-state index contributed by atoms with van der Waals surface area (Å²) in [6.45, 7) is 2.00. The van der Waals surface area contributed by atoms with Crippen LogP contribution < -0.4 is 0 Å². The van der Waals surface area contributed by atoms with Gasteiger partial charge in [-0.3, -0.25) is 4.79 Å². The lowest BCUT2D eigenvalue weighted by molar-refractivity contribution is -0.153. The Balaban J connectivity index is 1.63. The minimum Gasteiger partial charge on any atom is -0.459 e. The monoisotopic (exact) mass is 208 g/mol. The molecule has 0 radical (unpaired) electrons. The van der Waals surface area contributed by atoms with Crippen LogP contribution in [-0.4, -0.2) is 11.6 Å². The van der Waals surface area contributed by atoms with E-state index in [4.69, 9.17) is 4.74 Å². The summed E-state index contributed by atoms with van der Waals surface area (Å²) in [7, 11) is 0. The molecule has 15 heavy (non-hydrogen) atoms. The lowest BCUT2D eigenvalue weighted by atomic mass is 9.75. The molecule has 0 aromatic rings. The molecule has 84 valence electrons. The number of esters is 1. The van der Waals surface area contributed by atoms with E-state index in [2.05, 4.69) is 0 Å². The largest absolute Gasteiger partial charge is 0.459 e. The first kappa shape index (κ1) is 9.68. The quantitative estimate of drug-likeness (QED) is 0.619. The number of carbonyl (C=O) groups is 1. The van der Waals surface area contributed by atoms with E-state index in [9.17, 15) is 4.79 Å². The van der Waals surface area contributed by atoms with Crippen LogP contribution in [0.25, 0.3) is 0 Å². The van der Waals surface area contributed by atoms with Crippen LogP contribution in [0, 0.1) is 17.8 Å². The highest BCUT2D eigenvalue weighted by Gasteiger charge is 2.48. The van der Waals surface area contributed by atoms with E-state index in [1.807, 2.05) is 6.92 Å². The zero-order valence-electron chi connectivity index (χ0n) is 9.50. The Morgan fingerprint density at radius 2 is 1.73 bits per heavy atom. The van der Waals surface area contributed by atoms with Gasteiger partial charge in [-0.1, -0.05) is 6.92 Å². The fraction of sp³-hybridized carbons (Fsp3) is 0.923. The van der Waals surface area contributed by atoms with Crippen LogP contribution in [0.3, 0.4) is 0 Å². The third-order valence-corrected chi connectivity index (χ3v) is 4.63. The van der Waals surface area contributed by atoms with E-state index in [1.54, 1.807) is 0 Å². The summed E-state index contributed by atoms with van der Waals surface area (Å²) >= 11 is 0. The standard InChI is InChI=1S/C13H20O2/c1-9-8-13(15-12(9)14)6-4-11(5-7-13)10-2-3-10/h9-11H,2-8H2,1H3. The molecule has 3 rings (SSSR count). The maximum absolute atomic E-state index is 11.5. The van der Waals surface area contributed by atoms with E-state index in [0.717, 1.165) is 31.1 Å². The van der Waals surface area contributed by atoms with Gasteiger partial charge >= 0.3 is 5.97 Å². The highest BCUT2D eigenvalue weighted by atomic mass is 16.6. The highest BCUT2D eigenvalue weighted by Crippen LogP contribution is 2.50. The fourth-order valence-electron chi connectivity index (χ4n) is 3.51. The van der Waals surface area contributed by atoms with Crippen LogP contribution in [0.2, 0.25) is 0 Å². The first-order valence-corrected chi connectivity index (χ1v) is 6.41. The molecule has 2 heteroatoms. The molecule has 0 N–H and O–H groups in total. The Morgan fingerprint density at radius 1 is 1.13 bits per heavy atom. The number of carbonyl (C=O) groups excluding carboxylic acids is 1. The van der Waals surface area contributed by atoms with Crippen LogP contribution >= 0.6 is 0 Å². The molecular weight excluding hydrogens is 188 g/mol. The molecular formula is C13H20O2. The van der Waals surface area contributed by atoms with E-state index in [0.29, 0.717) is 0 Å². The smallest absolute Gasteiger partial charge is 0.309 e. The predicted octanol–water partition coefficient (Wildman–Crippen LogP) is 2.91. The van der Waals surface area contributed by atoms with Crippen molar-refractivity contribution in [2.75, 3.05) is 0 Å². The molecule has 1 saturated heterocycles. The Labute approximate surface area is 91.4 Å². The van der Waals surface area contributed by atoms with Gasteiger partial charge in [-0.25, -0.2) is 0 Å². The summed E-state index contributed by atoms with van der Waals surface area (Å²) in [6, 6.07) is 0. The summed E-state index contributed by atoms with van der Waals surface area (Å²) < 4.78 is 5.61. The lowest BCUT2D eigenvalue weighted by Crippen LogP contribution is -2.34. The van der Waals surface area contributed by atoms with Crippen molar-refractivity contribution in [3.63, 3.8) is 0 Å². The molecule has 3 aliphatic rings. The van der Waals surface area contributed by atoms with Gasteiger partial charge in [-0.05, 0) is 50.4 Å². The third-order valence-electron chi connectivity index (χ3n) is 4.63. The van der Waals surface area contributed by atoms with Crippen molar-refractivity contribution in [3.05, 3.63) is 0 Å². The van der Waals surface area contributed by atoms with Gasteiger partial charge in [0.25, 0.3) is 0 Å². The second kappa shape index (κ2) is 3.23. The van der Waals surface area contributed by atoms with Gasteiger partial charge in [0, 0.05) is 6.42 Å². The van der Waals surface area contributed by atoms with Crippen LogP contribution in [0.4, 0.5) is 0 Å². The number of ether oxygens (including phenoxy) is 1. The summed E-state index contributed by atoms with van der Waals surface area (Å²) in [5.41, 5.74) is -0.0398. The molecule has 2 saturated carbocycles. The topological polar surface area (TPSA) is 26.3 Å². The average Bonchev–Trinajstić information content (AvgIpc) is 2.98. The number of rotatable bonds is 1. The Bertz CT molecular complexity index is 272. The molecule has 0 bridgehead atoms. The zero-order valence-corrected chi connectivity index (χ0v) is 9.50. The van der Waals surface area contributed by atoms with Crippen LogP contribution in [0.15, 0.2) is 0 Å². The SMILES string of the molecule is CC1CC2(CCC(C3CC3)CC2)OC1=O. The van der Waals surface area contributed by atoms with Crippen LogP contribution in [-0.2, 0) is 9.53 Å². The van der Waals surface area contributed by atoms with Crippen molar-refractivity contribution >= 4 is 5.97 Å². The molecule has 1 aliphatic heterocycles. The van der Waals surface area contributed by atoms with Gasteiger partial charge in [0.15, 0.2) is 0 Å². The van der Waals surface area contributed by atoms with Crippen molar-refractivity contribution in [1.82, 2.24) is 0 Å². The molecule has 2 nitrogen and oxygen atoms in total. The maximum Gasteiger partial charge on any atom is 0.309 e. The Morgan fingerprint density at radius 3 is 2.20 bits per heavy atom. The fourth-order valence-corrected chi connectivity index (χ4v) is 3.51. The Kier molecular flexibility index (Phi) is 2.08. The van der Waals surface area contributed by atoms with Gasteiger partial charge in [0.05, 0.1) is 5.92 Å². The number of hydrogen-bond donors (Lipinski definition) is 0. The van der Waals surface area contributed by atoms with Crippen molar-refractivity contribution < 1.29 is 9.53 Å². The molecule has 0 amide bonds. The van der Waals surface area contributed by atoms with Crippen molar-refractivity contribution in [2.24, 2.45) is 17.8 Å². The number of hydrogen-bond acceptors (Lipinski definition) is 2. The van der Waals surface area contributed by atoms with Crippen LogP contribution in [0.1, 0.15) is 51.9 Å². The molecule has 0 aromatic carbocycles. The van der Waals surface area contributed by atoms with Gasteiger partial charge in [0.1, 0.15) is 5.60 Å². The third kappa shape index (κ3) is 1.68. The average molecular weight is 208 g/mol. The van der Waals surface area contributed by atoms with E-state index >= 15 is 0 Å². The second-order valence-corrected chi connectivity index (χ2v) is 5.88. The van der Waals surface area contributed by atoms with Gasteiger partial charge in [-0.2, -0.15) is 0 Å². The van der Waals surface area contributed by atoms with Gasteiger partial charge in [-0.15, -0.1) is 0 Å². The molecule has 1 heterocycles. The minimum absolute atomic E-state index is 0.0398.